The number of nitrogens with zero attached hydrogens (tertiary/aromatic N) is 1. The number of anilines is 2. The number of nitrogens with one attached hydrogen (secondary N) is 2. The highest BCUT2D eigenvalue weighted by Gasteiger charge is 2.21. The van der Waals surface area contributed by atoms with Crippen LogP contribution in [0.2, 0.25) is 0 Å². The van der Waals surface area contributed by atoms with Crippen LogP contribution in [-0.4, -0.2) is 31.1 Å². The summed E-state index contributed by atoms with van der Waals surface area (Å²) in [6.07, 6.45) is 1.81. The summed E-state index contributed by atoms with van der Waals surface area (Å²) in [5.74, 6) is -0.133. The van der Waals surface area contributed by atoms with Crippen LogP contribution < -0.4 is 21.3 Å². The van der Waals surface area contributed by atoms with Gasteiger partial charge in [-0.05, 0) is 43.2 Å². The summed E-state index contributed by atoms with van der Waals surface area (Å²) >= 11 is 0. The highest BCUT2D eigenvalue weighted by atomic mass is 16.2. The normalized spacial score (nSPS) is 14.8. The number of nitrogens with two attached hydrogens (primary N) is 1. The number of hydrogen-bond donors (Lipinski definition) is 3. The molecule has 0 spiro atoms. The fraction of sp³-hybridized carbons (Fsp3) is 0.263. The molecule has 1 aliphatic heterocycles. The second-order valence-corrected chi connectivity index (χ2v) is 6.14. The van der Waals surface area contributed by atoms with Crippen molar-refractivity contribution in [3.05, 3.63) is 60.2 Å². The molecule has 0 radical (unpaired) electrons. The molecule has 130 valence electrons. The lowest BCUT2D eigenvalue weighted by molar-refractivity contribution is 0.0931. The summed E-state index contributed by atoms with van der Waals surface area (Å²) in [4.78, 5) is 25.7. The molecule has 25 heavy (non-hydrogen) atoms. The van der Waals surface area contributed by atoms with Gasteiger partial charge in [-0.25, -0.2) is 4.79 Å². The maximum atomic E-state index is 12.4. The molecule has 0 bridgehead atoms. The Kier molecular flexibility index (Phi) is 5.18. The van der Waals surface area contributed by atoms with E-state index in [1.165, 1.54) is 5.69 Å². The highest BCUT2D eigenvalue weighted by Crippen LogP contribution is 2.20. The lowest BCUT2D eigenvalue weighted by atomic mass is 10.0. The topological polar surface area (TPSA) is 87.5 Å². The van der Waals surface area contributed by atoms with Crippen molar-refractivity contribution in [1.82, 2.24) is 5.32 Å². The van der Waals surface area contributed by atoms with Gasteiger partial charge in [0.05, 0.1) is 0 Å². The number of para-hydroxylation sites is 1. The Morgan fingerprint density at radius 3 is 2.40 bits per heavy atom. The minimum atomic E-state index is -0.647. The van der Waals surface area contributed by atoms with Crippen molar-refractivity contribution >= 4 is 23.3 Å². The SMILES string of the molecule is NC(=O)Nc1cccc(C(=O)NC2CCN(c3ccccc3)CC2)c1. The van der Waals surface area contributed by atoms with Gasteiger partial charge in [-0.3, -0.25) is 4.79 Å². The molecule has 1 saturated heterocycles. The van der Waals surface area contributed by atoms with Gasteiger partial charge >= 0.3 is 6.03 Å². The number of hydrogen-bond acceptors (Lipinski definition) is 3. The molecule has 2 aromatic carbocycles. The number of carbonyl (C=O) groups excluding carboxylic acids is 2. The van der Waals surface area contributed by atoms with E-state index >= 15 is 0 Å². The van der Waals surface area contributed by atoms with Gasteiger partial charge in [-0.1, -0.05) is 24.3 Å². The summed E-state index contributed by atoms with van der Waals surface area (Å²) in [7, 11) is 0. The van der Waals surface area contributed by atoms with Crippen LogP contribution in [0.25, 0.3) is 0 Å². The first-order valence-electron chi connectivity index (χ1n) is 8.39. The molecular weight excluding hydrogens is 316 g/mol. The third kappa shape index (κ3) is 4.50. The lowest BCUT2D eigenvalue weighted by Crippen LogP contribution is -2.44. The molecule has 0 unspecified atom stereocenters. The zero-order valence-corrected chi connectivity index (χ0v) is 13.9. The van der Waals surface area contributed by atoms with E-state index in [-0.39, 0.29) is 11.9 Å². The molecule has 4 N–H and O–H groups in total. The van der Waals surface area contributed by atoms with Crippen LogP contribution in [0.1, 0.15) is 23.2 Å². The minimum Gasteiger partial charge on any atom is -0.371 e. The summed E-state index contributed by atoms with van der Waals surface area (Å²) in [5.41, 5.74) is 7.35. The first-order valence-corrected chi connectivity index (χ1v) is 8.39. The summed E-state index contributed by atoms with van der Waals surface area (Å²) in [6.45, 7) is 1.83. The molecule has 0 atom stereocenters. The van der Waals surface area contributed by atoms with Gasteiger partial charge < -0.3 is 21.3 Å². The number of piperidine rings is 1. The summed E-state index contributed by atoms with van der Waals surface area (Å²) in [6, 6.07) is 16.6. The highest BCUT2D eigenvalue weighted by molar-refractivity contribution is 5.96. The van der Waals surface area contributed by atoms with E-state index in [1.807, 2.05) is 18.2 Å². The molecule has 3 amide bonds. The van der Waals surface area contributed by atoms with Gasteiger partial charge in [-0.15, -0.1) is 0 Å². The predicted octanol–water partition coefficient (Wildman–Crippen LogP) is 2.58. The number of primary amides is 1. The minimum absolute atomic E-state index is 0.133. The molecule has 6 heteroatoms. The van der Waals surface area contributed by atoms with Gasteiger partial charge in [0.2, 0.25) is 0 Å². The summed E-state index contributed by atoms with van der Waals surface area (Å²) < 4.78 is 0. The molecule has 0 aliphatic carbocycles. The molecule has 6 nitrogen and oxygen atoms in total. The first-order chi connectivity index (χ1) is 12.1. The van der Waals surface area contributed by atoms with Crippen molar-refractivity contribution in [3.63, 3.8) is 0 Å². The Labute approximate surface area is 147 Å². The van der Waals surface area contributed by atoms with Crippen LogP contribution in [-0.2, 0) is 0 Å². The molecule has 1 aliphatic rings. The van der Waals surface area contributed by atoms with Crippen molar-refractivity contribution in [2.45, 2.75) is 18.9 Å². The van der Waals surface area contributed by atoms with Crippen LogP contribution in [0.3, 0.4) is 0 Å². The van der Waals surface area contributed by atoms with Crippen molar-refractivity contribution in [1.29, 1.82) is 0 Å². The van der Waals surface area contributed by atoms with Crippen LogP contribution >= 0.6 is 0 Å². The lowest BCUT2D eigenvalue weighted by Gasteiger charge is -2.34. The Hall–Kier alpha value is -3.02. The second kappa shape index (κ2) is 7.70. The number of rotatable bonds is 4. The van der Waals surface area contributed by atoms with Gasteiger partial charge in [0.25, 0.3) is 5.91 Å². The van der Waals surface area contributed by atoms with E-state index in [0.29, 0.717) is 11.3 Å². The Bertz CT molecular complexity index is 740. The average molecular weight is 338 g/mol. The Morgan fingerprint density at radius 1 is 1.00 bits per heavy atom. The van der Waals surface area contributed by atoms with Gasteiger partial charge in [0.1, 0.15) is 0 Å². The van der Waals surface area contributed by atoms with Gasteiger partial charge in [-0.2, -0.15) is 0 Å². The third-order valence-electron chi connectivity index (χ3n) is 4.34. The number of urea groups is 1. The Morgan fingerprint density at radius 2 is 1.72 bits per heavy atom. The summed E-state index contributed by atoms with van der Waals surface area (Å²) in [5, 5.41) is 5.56. The van der Waals surface area contributed by atoms with E-state index in [2.05, 4.69) is 27.7 Å². The molecule has 0 saturated carbocycles. The maximum absolute atomic E-state index is 12.4. The molecule has 1 fully saturated rings. The van der Waals surface area contributed by atoms with E-state index in [1.54, 1.807) is 24.3 Å². The second-order valence-electron chi connectivity index (χ2n) is 6.14. The monoisotopic (exact) mass is 338 g/mol. The van der Waals surface area contributed by atoms with E-state index in [4.69, 9.17) is 5.73 Å². The van der Waals surface area contributed by atoms with Crippen molar-refractivity contribution < 1.29 is 9.59 Å². The molecule has 2 aromatic rings. The van der Waals surface area contributed by atoms with Gasteiger partial charge in [0.15, 0.2) is 0 Å². The standard InChI is InChI=1S/C19H22N4O2/c20-19(25)22-16-6-4-5-14(13-16)18(24)21-15-9-11-23(12-10-15)17-7-2-1-3-8-17/h1-8,13,15H,9-12H2,(H,21,24)(H3,20,22,25). The predicted molar refractivity (Wildman–Crippen MR) is 98.8 cm³/mol. The Balaban J connectivity index is 1.55. The van der Waals surface area contributed by atoms with Crippen molar-refractivity contribution in [3.8, 4) is 0 Å². The van der Waals surface area contributed by atoms with E-state index < -0.39 is 6.03 Å². The number of amides is 3. The number of benzene rings is 2. The molecule has 1 heterocycles. The van der Waals surface area contributed by atoms with Crippen LogP contribution in [0, 0.1) is 0 Å². The fourth-order valence-corrected chi connectivity index (χ4v) is 3.07. The fourth-order valence-electron chi connectivity index (χ4n) is 3.07. The van der Waals surface area contributed by atoms with Crippen LogP contribution in [0.4, 0.5) is 16.2 Å². The van der Waals surface area contributed by atoms with Crippen molar-refractivity contribution in [2.24, 2.45) is 5.73 Å². The van der Waals surface area contributed by atoms with Gasteiger partial charge in [0, 0.05) is 36.1 Å². The quantitative estimate of drug-likeness (QED) is 0.801. The smallest absolute Gasteiger partial charge is 0.316 e. The largest absolute Gasteiger partial charge is 0.371 e. The van der Waals surface area contributed by atoms with Crippen molar-refractivity contribution in [2.75, 3.05) is 23.3 Å². The zero-order chi connectivity index (χ0) is 17.6. The molecule has 0 aromatic heterocycles. The van der Waals surface area contributed by atoms with Crippen LogP contribution in [0.15, 0.2) is 54.6 Å². The first kappa shape index (κ1) is 16.8. The van der Waals surface area contributed by atoms with E-state index in [9.17, 15) is 9.59 Å². The third-order valence-corrected chi connectivity index (χ3v) is 4.34. The average Bonchev–Trinajstić information content (AvgIpc) is 2.63. The van der Waals surface area contributed by atoms with E-state index in [0.717, 1.165) is 25.9 Å². The maximum Gasteiger partial charge on any atom is 0.316 e. The van der Waals surface area contributed by atoms with Crippen LogP contribution in [0.5, 0.6) is 0 Å². The number of carbonyl (C=O) groups is 2. The molecular formula is C19H22N4O2. The molecule has 3 rings (SSSR count). The zero-order valence-electron chi connectivity index (χ0n) is 13.9.